The number of fused-ring (bicyclic) bond motifs is 1. The minimum atomic E-state index is -4.53. The second kappa shape index (κ2) is 7.94. The smallest absolute Gasteiger partial charge is 0.416 e. The Morgan fingerprint density at radius 3 is 2.64 bits per heavy atom. The fourth-order valence-electron chi connectivity index (χ4n) is 3.53. The number of benzene rings is 2. The van der Waals surface area contributed by atoms with Gasteiger partial charge in [-0.25, -0.2) is 9.50 Å². The average Bonchev–Trinajstić information content (AvgIpc) is 3.48. The van der Waals surface area contributed by atoms with Crippen molar-refractivity contribution >= 4 is 17.2 Å². The van der Waals surface area contributed by atoms with Gasteiger partial charge >= 0.3 is 6.18 Å². The monoisotopic (exact) mass is 448 g/mol. The lowest BCUT2D eigenvalue weighted by molar-refractivity contribution is -0.137. The van der Waals surface area contributed by atoms with E-state index >= 15 is 0 Å². The molecule has 5 rings (SSSR count). The minimum Gasteiger partial charge on any atom is -0.472 e. The summed E-state index contributed by atoms with van der Waals surface area (Å²) >= 11 is 0. The second-order valence-corrected chi connectivity index (χ2v) is 7.25. The lowest BCUT2D eigenvalue weighted by Crippen LogP contribution is -2.14. The maximum Gasteiger partial charge on any atom is 0.416 e. The molecule has 2 aromatic carbocycles. The molecule has 9 heteroatoms. The molecule has 1 amide bonds. The van der Waals surface area contributed by atoms with Crippen LogP contribution in [0.25, 0.3) is 28.0 Å². The number of carbonyl (C=O) groups is 1. The molecule has 0 atom stereocenters. The van der Waals surface area contributed by atoms with Crippen LogP contribution in [0.4, 0.5) is 18.9 Å². The highest BCUT2D eigenvalue weighted by molar-refractivity contribution is 6.04. The summed E-state index contributed by atoms with van der Waals surface area (Å²) in [4.78, 5) is 17.0. The van der Waals surface area contributed by atoms with Crippen LogP contribution in [-0.4, -0.2) is 20.5 Å². The number of furan rings is 1. The lowest BCUT2D eigenvalue weighted by Gasteiger charge is -2.11. The third-order valence-electron chi connectivity index (χ3n) is 5.10. The molecular weight excluding hydrogens is 433 g/mol. The van der Waals surface area contributed by atoms with Gasteiger partial charge < -0.3 is 9.73 Å². The van der Waals surface area contributed by atoms with Crippen LogP contribution >= 0.6 is 0 Å². The van der Waals surface area contributed by atoms with Crippen LogP contribution in [0.1, 0.15) is 15.9 Å². The predicted octanol–water partition coefficient (Wildman–Crippen LogP) is 5.93. The SMILES string of the molecule is O=C(Nc1cccc(-c2ccnc3c(-c4ccoc4)cnn23)c1)c1cccc(C(F)(F)F)c1. The first-order valence-electron chi connectivity index (χ1n) is 9.84. The van der Waals surface area contributed by atoms with E-state index in [1.165, 1.54) is 12.1 Å². The molecule has 0 saturated heterocycles. The van der Waals surface area contributed by atoms with E-state index in [9.17, 15) is 18.0 Å². The zero-order chi connectivity index (χ0) is 23.0. The Morgan fingerprint density at radius 2 is 1.85 bits per heavy atom. The fourth-order valence-corrected chi connectivity index (χ4v) is 3.53. The average molecular weight is 448 g/mol. The molecule has 0 aliphatic heterocycles. The van der Waals surface area contributed by atoms with Gasteiger partial charge in [0.2, 0.25) is 0 Å². The number of halogens is 3. The summed E-state index contributed by atoms with van der Waals surface area (Å²) in [6.45, 7) is 0. The van der Waals surface area contributed by atoms with E-state index in [0.29, 0.717) is 11.3 Å². The molecule has 0 bridgehead atoms. The molecule has 0 spiro atoms. The maximum atomic E-state index is 13.0. The molecule has 0 aliphatic carbocycles. The van der Waals surface area contributed by atoms with Crippen LogP contribution in [0.5, 0.6) is 0 Å². The zero-order valence-corrected chi connectivity index (χ0v) is 16.9. The highest BCUT2D eigenvalue weighted by Gasteiger charge is 2.30. The van der Waals surface area contributed by atoms with Gasteiger partial charge in [0.15, 0.2) is 5.65 Å². The number of nitrogens with one attached hydrogen (secondary N) is 1. The van der Waals surface area contributed by atoms with Crippen LogP contribution in [0, 0.1) is 0 Å². The van der Waals surface area contributed by atoms with Crippen LogP contribution in [0.3, 0.4) is 0 Å². The second-order valence-electron chi connectivity index (χ2n) is 7.25. The lowest BCUT2D eigenvalue weighted by atomic mass is 10.1. The minimum absolute atomic E-state index is 0.0849. The van der Waals surface area contributed by atoms with Gasteiger partial charge in [-0.1, -0.05) is 18.2 Å². The molecule has 0 fully saturated rings. The van der Waals surface area contributed by atoms with Gasteiger partial charge in [-0.15, -0.1) is 0 Å². The number of hydrogen-bond acceptors (Lipinski definition) is 4. The van der Waals surface area contributed by atoms with Gasteiger partial charge in [0.25, 0.3) is 5.91 Å². The molecule has 33 heavy (non-hydrogen) atoms. The Bertz CT molecular complexity index is 1460. The van der Waals surface area contributed by atoms with E-state index in [1.807, 2.05) is 12.1 Å². The molecule has 1 N–H and O–H groups in total. The Balaban J connectivity index is 1.46. The summed E-state index contributed by atoms with van der Waals surface area (Å²) in [7, 11) is 0. The molecule has 6 nitrogen and oxygen atoms in total. The van der Waals surface area contributed by atoms with Gasteiger partial charge in [0.1, 0.15) is 0 Å². The number of carbonyl (C=O) groups excluding carboxylic acids is 1. The number of hydrogen-bond donors (Lipinski definition) is 1. The van der Waals surface area contributed by atoms with Crippen molar-refractivity contribution in [2.75, 3.05) is 5.32 Å². The first-order valence-corrected chi connectivity index (χ1v) is 9.84. The van der Waals surface area contributed by atoms with Gasteiger partial charge in [-0.3, -0.25) is 4.79 Å². The molecule has 5 aromatic rings. The topological polar surface area (TPSA) is 72.4 Å². The van der Waals surface area contributed by atoms with Gasteiger partial charge in [-0.05, 0) is 42.5 Å². The van der Waals surface area contributed by atoms with Crippen LogP contribution in [0.2, 0.25) is 0 Å². The summed E-state index contributed by atoms with van der Waals surface area (Å²) in [5.74, 6) is -0.639. The quantitative estimate of drug-likeness (QED) is 0.370. The Morgan fingerprint density at radius 1 is 1.00 bits per heavy atom. The first kappa shape index (κ1) is 20.5. The van der Waals surface area contributed by atoms with Crippen molar-refractivity contribution in [3.05, 3.63) is 96.7 Å². The normalized spacial score (nSPS) is 11.6. The number of amides is 1. The van der Waals surface area contributed by atoms with Gasteiger partial charge in [0.05, 0.1) is 30.0 Å². The molecule has 0 saturated carbocycles. The van der Waals surface area contributed by atoms with Crippen molar-refractivity contribution in [2.24, 2.45) is 0 Å². The largest absolute Gasteiger partial charge is 0.472 e. The number of rotatable bonds is 4. The van der Waals surface area contributed by atoms with Crippen molar-refractivity contribution in [2.45, 2.75) is 6.18 Å². The van der Waals surface area contributed by atoms with E-state index in [0.717, 1.165) is 34.5 Å². The molecule has 164 valence electrons. The molecule has 0 aliphatic rings. The van der Waals surface area contributed by atoms with Crippen molar-refractivity contribution in [3.8, 4) is 22.4 Å². The van der Waals surface area contributed by atoms with Crippen molar-refractivity contribution in [1.82, 2.24) is 14.6 Å². The van der Waals surface area contributed by atoms with Crippen LogP contribution in [-0.2, 0) is 6.18 Å². The number of alkyl halides is 3. The van der Waals surface area contributed by atoms with E-state index in [4.69, 9.17) is 4.42 Å². The standard InChI is InChI=1S/C24H15F3N4O2/c25-24(26,27)18-5-1-4-16(11-18)23(32)30-19-6-2-3-15(12-19)21-7-9-28-22-20(13-29-31(21)22)17-8-10-33-14-17/h1-14H,(H,30,32). The van der Waals surface area contributed by atoms with Crippen LogP contribution < -0.4 is 5.32 Å². The summed E-state index contributed by atoms with van der Waals surface area (Å²) in [5, 5.41) is 7.10. The van der Waals surface area contributed by atoms with Gasteiger partial charge in [-0.2, -0.15) is 18.3 Å². The predicted molar refractivity (Wildman–Crippen MR) is 116 cm³/mol. The highest BCUT2D eigenvalue weighted by Crippen LogP contribution is 2.30. The van der Waals surface area contributed by atoms with Crippen molar-refractivity contribution < 1.29 is 22.4 Å². The number of aromatic nitrogens is 3. The maximum absolute atomic E-state index is 13.0. The summed E-state index contributed by atoms with van der Waals surface area (Å²) < 4.78 is 45.7. The zero-order valence-electron chi connectivity index (χ0n) is 16.9. The molecule has 3 aromatic heterocycles. The van der Waals surface area contributed by atoms with Crippen molar-refractivity contribution in [1.29, 1.82) is 0 Å². The van der Waals surface area contributed by atoms with E-state index < -0.39 is 17.6 Å². The Kier molecular flexibility index (Phi) is 4.93. The third kappa shape index (κ3) is 3.96. The van der Waals surface area contributed by atoms with E-state index in [1.54, 1.807) is 53.7 Å². The van der Waals surface area contributed by atoms with E-state index in [-0.39, 0.29) is 5.56 Å². The number of nitrogens with zero attached hydrogens (tertiary/aromatic N) is 3. The van der Waals surface area contributed by atoms with Crippen molar-refractivity contribution in [3.63, 3.8) is 0 Å². The fraction of sp³-hybridized carbons (Fsp3) is 0.0417. The molecule has 0 unspecified atom stereocenters. The third-order valence-corrected chi connectivity index (χ3v) is 5.10. The highest BCUT2D eigenvalue weighted by atomic mass is 19.4. The number of anilines is 1. The molecule has 0 radical (unpaired) electrons. The summed E-state index contributed by atoms with van der Waals surface area (Å²) in [6.07, 6.45) is 2.00. The Hall–Kier alpha value is -4.40. The summed E-state index contributed by atoms with van der Waals surface area (Å²) in [5.41, 5.74) is 3.22. The molecule has 3 heterocycles. The van der Waals surface area contributed by atoms with E-state index in [2.05, 4.69) is 15.4 Å². The van der Waals surface area contributed by atoms with Crippen LogP contribution in [0.15, 0.2) is 90.0 Å². The Labute approximate surface area is 185 Å². The summed E-state index contributed by atoms with van der Waals surface area (Å²) in [6, 6.07) is 14.9. The first-order chi connectivity index (χ1) is 15.9. The van der Waals surface area contributed by atoms with Gasteiger partial charge in [0, 0.05) is 34.1 Å². The molecular formula is C24H15F3N4O2.